The number of hydrogen-bond acceptors (Lipinski definition) is 4. The van der Waals surface area contributed by atoms with Gasteiger partial charge in [-0.05, 0) is 36.4 Å². The van der Waals surface area contributed by atoms with Crippen molar-refractivity contribution in [2.24, 2.45) is 4.99 Å². The molecule has 0 saturated heterocycles. The van der Waals surface area contributed by atoms with Crippen molar-refractivity contribution in [1.29, 1.82) is 0 Å². The Morgan fingerprint density at radius 1 is 1.07 bits per heavy atom. The summed E-state index contributed by atoms with van der Waals surface area (Å²) < 4.78 is 15.1. The number of hydrogen-bond donors (Lipinski definition) is 1. The van der Waals surface area contributed by atoms with Gasteiger partial charge in [0.25, 0.3) is 5.56 Å². The summed E-state index contributed by atoms with van der Waals surface area (Å²) in [5.41, 5.74) is -0.135. The highest BCUT2D eigenvalue weighted by Crippen LogP contribution is 2.27. The lowest BCUT2D eigenvalue weighted by Crippen LogP contribution is -2.20. The zero-order valence-corrected chi connectivity index (χ0v) is 15.1. The van der Waals surface area contributed by atoms with Gasteiger partial charge in [0.1, 0.15) is 17.3 Å². The molecule has 0 aliphatic rings. The summed E-state index contributed by atoms with van der Waals surface area (Å²) in [4.78, 5) is 21.2. The van der Waals surface area contributed by atoms with Gasteiger partial charge in [-0.3, -0.25) is 9.79 Å². The second-order valence-electron chi connectivity index (χ2n) is 5.97. The molecule has 5 nitrogen and oxygen atoms in total. The Morgan fingerprint density at radius 3 is 2.57 bits per heavy atom. The quantitative estimate of drug-likeness (QED) is 0.516. The molecule has 138 valence electrons. The van der Waals surface area contributed by atoms with Crippen molar-refractivity contribution >= 4 is 34.3 Å². The first-order chi connectivity index (χ1) is 13.6. The van der Waals surface area contributed by atoms with Gasteiger partial charge < -0.3 is 5.11 Å². The number of fused-ring (bicyclic) bond motifs is 1. The summed E-state index contributed by atoms with van der Waals surface area (Å²) in [7, 11) is 0. The van der Waals surface area contributed by atoms with Crippen molar-refractivity contribution in [2.75, 3.05) is 0 Å². The van der Waals surface area contributed by atoms with E-state index in [0.717, 1.165) is 4.57 Å². The topological polar surface area (TPSA) is 67.5 Å². The lowest BCUT2D eigenvalue weighted by atomic mass is 10.1. The Bertz CT molecular complexity index is 1270. The number of pyridine rings is 2. The van der Waals surface area contributed by atoms with Crippen molar-refractivity contribution < 1.29 is 9.50 Å². The molecular formula is C21H13ClFN3O2. The maximum Gasteiger partial charge on any atom is 0.267 e. The molecule has 2 aromatic carbocycles. The van der Waals surface area contributed by atoms with Crippen LogP contribution in [0.25, 0.3) is 16.6 Å². The number of rotatable bonds is 3. The molecule has 7 heteroatoms. The van der Waals surface area contributed by atoms with Gasteiger partial charge in [0, 0.05) is 28.2 Å². The van der Waals surface area contributed by atoms with Crippen LogP contribution in [0, 0.1) is 5.82 Å². The number of benzene rings is 2. The zero-order chi connectivity index (χ0) is 19.7. The summed E-state index contributed by atoms with van der Waals surface area (Å²) in [6.07, 6.45) is 2.83. The molecule has 2 aromatic heterocycles. The fourth-order valence-corrected chi connectivity index (χ4v) is 3.07. The first-order valence-electron chi connectivity index (χ1n) is 8.33. The van der Waals surface area contributed by atoms with Gasteiger partial charge in [-0.15, -0.1) is 0 Å². The molecule has 0 aliphatic carbocycles. The van der Waals surface area contributed by atoms with Gasteiger partial charge in [0.05, 0.1) is 5.56 Å². The maximum absolute atomic E-state index is 14.0. The number of aliphatic imine (C=N–C) groups is 1. The Hall–Kier alpha value is -3.51. The number of aromatic hydroxyl groups is 1. The first kappa shape index (κ1) is 17.9. The SMILES string of the molecule is O=c1c2ccccc2c(C=Nc2cc(Cl)ccc2F)c(O)n1-c1ccccn1. The molecular weight excluding hydrogens is 381 g/mol. The van der Waals surface area contributed by atoms with Crippen molar-refractivity contribution in [2.45, 2.75) is 0 Å². The van der Waals surface area contributed by atoms with Crippen LogP contribution in [-0.4, -0.2) is 20.9 Å². The molecule has 2 heterocycles. The molecule has 4 rings (SSSR count). The van der Waals surface area contributed by atoms with E-state index in [2.05, 4.69) is 9.98 Å². The number of nitrogens with zero attached hydrogens (tertiary/aromatic N) is 3. The van der Waals surface area contributed by atoms with Gasteiger partial charge in [0.2, 0.25) is 5.88 Å². The van der Waals surface area contributed by atoms with Gasteiger partial charge in [0.15, 0.2) is 0 Å². The zero-order valence-electron chi connectivity index (χ0n) is 14.4. The van der Waals surface area contributed by atoms with Crippen molar-refractivity contribution in [3.8, 4) is 11.7 Å². The van der Waals surface area contributed by atoms with Crippen LogP contribution in [0.1, 0.15) is 5.56 Å². The van der Waals surface area contributed by atoms with E-state index in [4.69, 9.17) is 11.6 Å². The lowest BCUT2D eigenvalue weighted by molar-refractivity contribution is 0.435. The second kappa shape index (κ2) is 7.25. The Labute approximate surface area is 164 Å². The molecule has 0 aliphatic heterocycles. The molecule has 28 heavy (non-hydrogen) atoms. The molecule has 0 fully saturated rings. The highest BCUT2D eigenvalue weighted by Gasteiger charge is 2.16. The van der Waals surface area contributed by atoms with Crippen molar-refractivity contribution in [3.05, 3.63) is 93.6 Å². The Kier molecular flexibility index (Phi) is 4.63. The molecule has 0 radical (unpaired) electrons. The average Bonchev–Trinajstić information content (AvgIpc) is 2.71. The molecule has 0 amide bonds. The highest BCUT2D eigenvalue weighted by atomic mass is 35.5. The van der Waals surface area contributed by atoms with Crippen LogP contribution in [0.3, 0.4) is 0 Å². The van der Waals surface area contributed by atoms with E-state index < -0.39 is 11.4 Å². The Morgan fingerprint density at radius 2 is 1.82 bits per heavy atom. The minimum absolute atomic E-state index is 0.0200. The van der Waals surface area contributed by atoms with Crippen molar-refractivity contribution in [1.82, 2.24) is 9.55 Å². The third kappa shape index (κ3) is 3.14. The summed E-state index contributed by atoms with van der Waals surface area (Å²) in [5, 5.41) is 12.0. The average molecular weight is 394 g/mol. The summed E-state index contributed by atoms with van der Waals surface area (Å²) >= 11 is 5.91. The monoisotopic (exact) mass is 393 g/mol. The minimum atomic E-state index is -0.553. The van der Waals surface area contributed by atoms with E-state index in [-0.39, 0.29) is 22.9 Å². The Balaban J connectivity index is 1.99. The van der Waals surface area contributed by atoms with E-state index in [1.54, 1.807) is 42.5 Å². The lowest BCUT2D eigenvalue weighted by Gasteiger charge is -2.12. The fourth-order valence-electron chi connectivity index (χ4n) is 2.91. The molecule has 0 atom stereocenters. The van der Waals surface area contributed by atoms with E-state index in [0.29, 0.717) is 15.8 Å². The second-order valence-corrected chi connectivity index (χ2v) is 6.40. The summed E-state index contributed by atoms with van der Waals surface area (Å²) in [6, 6.07) is 15.8. The van der Waals surface area contributed by atoms with Crippen LogP contribution >= 0.6 is 11.6 Å². The predicted octanol–water partition coefficient (Wildman–Crippen LogP) is 4.63. The predicted molar refractivity (Wildman–Crippen MR) is 108 cm³/mol. The first-order valence-corrected chi connectivity index (χ1v) is 8.71. The summed E-state index contributed by atoms with van der Waals surface area (Å²) in [5.74, 6) is -0.629. The van der Waals surface area contributed by atoms with Crippen LogP contribution in [0.15, 0.2) is 76.6 Å². The smallest absolute Gasteiger partial charge is 0.267 e. The minimum Gasteiger partial charge on any atom is -0.494 e. The van der Waals surface area contributed by atoms with Gasteiger partial charge in [-0.1, -0.05) is 35.9 Å². The van der Waals surface area contributed by atoms with Gasteiger partial charge >= 0.3 is 0 Å². The highest BCUT2D eigenvalue weighted by molar-refractivity contribution is 6.30. The molecule has 4 aromatic rings. The number of aromatic nitrogens is 2. The van der Waals surface area contributed by atoms with Crippen LogP contribution in [0.5, 0.6) is 5.88 Å². The third-order valence-electron chi connectivity index (χ3n) is 4.22. The van der Waals surface area contributed by atoms with Crippen LogP contribution < -0.4 is 5.56 Å². The largest absolute Gasteiger partial charge is 0.494 e. The van der Waals surface area contributed by atoms with Gasteiger partial charge in [-0.2, -0.15) is 0 Å². The van der Waals surface area contributed by atoms with E-state index in [9.17, 15) is 14.3 Å². The number of halogens is 2. The molecule has 1 N–H and O–H groups in total. The third-order valence-corrected chi connectivity index (χ3v) is 4.46. The van der Waals surface area contributed by atoms with Crippen LogP contribution in [-0.2, 0) is 0 Å². The van der Waals surface area contributed by atoms with Crippen molar-refractivity contribution in [3.63, 3.8) is 0 Å². The van der Waals surface area contributed by atoms with Crippen LogP contribution in [0.2, 0.25) is 5.02 Å². The normalized spacial score (nSPS) is 11.4. The molecule has 0 saturated carbocycles. The standard InChI is InChI=1S/C21H13ClFN3O2/c22-13-8-9-17(23)18(11-13)25-12-16-14-5-1-2-6-15(14)20(27)26(21(16)28)19-7-3-4-10-24-19/h1-12,28H. The van der Waals surface area contributed by atoms with E-state index >= 15 is 0 Å². The van der Waals surface area contributed by atoms with E-state index in [1.165, 1.54) is 30.6 Å². The summed E-state index contributed by atoms with van der Waals surface area (Å²) in [6.45, 7) is 0. The maximum atomic E-state index is 14.0. The molecule has 0 spiro atoms. The van der Waals surface area contributed by atoms with E-state index in [1.807, 2.05) is 0 Å². The molecule has 0 unspecified atom stereocenters. The van der Waals surface area contributed by atoms with Gasteiger partial charge in [-0.25, -0.2) is 13.9 Å². The molecule has 0 bridgehead atoms. The fraction of sp³-hybridized carbons (Fsp3) is 0. The van der Waals surface area contributed by atoms with Crippen LogP contribution in [0.4, 0.5) is 10.1 Å².